The van der Waals surface area contributed by atoms with Crippen LogP contribution in [0.2, 0.25) is 0 Å². The second-order valence-electron chi connectivity index (χ2n) is 5.60. The Balaban J connectivity index is 3.06. The summed E-state index contributed by atoms with van der Waals surface area (Å²) in [6, 6.07) is 0. The fraction of sp³-hybridized carbons (Fsp3) is 0.692. The van der Waals surface area contributed by atoms with Gasteiger partial charge in [-0.05, 0) is 12.3 Å². The maximum Gasteiger partial charge on any atom is 0.297 e. The third-order valence-corrected chi connectivity index (χ3v) is 3.12. The smallest absolute Gasteiger partial charge is 0.297 e. The van der Waals surface area contributed by atoms with E-state index in [9.17, 15) is 13.2 Å². The van der Waals surface area contributed by atoms with E-state index in [2.05, 4.69) is 0 Å². The molecule has 0 aromatic rings. The number of hydrogen-bond acceptors (Lipinski definition) is 1. The molecule has 98 valence electrons. The Hall–Kier alpha value is -0.770. The molecule has 1 N–H and O–H groups in total. The first-order valence-electron chi connectivity index (χ1n) is 5.67. The first-order valence-corrected chi connectivity index (χ1v) is 5.67. The highest BCUT2D eigenvalue weighted by Gasteiger charge is 2.47. The molecule has 4 heteroatoms. The summed E-state index contributed by atoms with van der Waals surface area (Å²) in [5.74, 6) is -4.12. The average Bonchev–Trinajstić information content (AvgIpc) is 2.15. The molecule has 0 aromatic carbocycles. The van der Waals surface area contributed by atoms with Crippen molar-refractivity contribution in [2.45, 2.75) is 45.9 Å². The topological polar surface area (TPSA) is 20.2 Å². The minimum Gasteiger partial charge on any atom is -0.387 e. The van der Waals surface area contributed by atoms with E-state index < -0.39 is 35.1 Å². The van der Waals surface area contributed by atoms with Crippen LogP contribution in [0.15, 0.2) is 23.8 Å². The van der Waals surface area contributed by atoms with Crippen LogP contribution in [0.3, 0.4) is 0 Å². The summed E-state index contributed by atoms with van der Waals surface area (Å²) in [5.41, 5.74) is -1.07. The molecule has 1 rings (SSSR count). The number of alkyl halides is 3. The van der Waals surface area contributed by atoms with Crippen LogP contribution in [0, 0.1) is 11.3 Å². The maximum absolute atomic E-state index is 14.2. The molecular weight excluding hydrogens is 229 g/mol. The molecule has 0 saturated heterocycles. The van der Waals surface area contributed by atoms with Crippen LogP contribution < -0.4 is 0 Å². The van der Waals surface area contributed by atoms with Gasteiger partial charge in [0, 0.05) is 11.5 Å². The molecule has 0 saturated carbocycles. The molecule has 0 spiro atoms. The summed E-state index contributed by atoms with van der Waals surface area (Å²) >= 11 is 0. The van der Waals surface area contributed by atoms with Crippen molar-refractivity contribution < 1.29 is 18.3 Å². The van der Waals surface area contributed by atoms with E-state index in [1.165, 1.54) is 6.08 Å². The molecule has 0 heterocycles. The lowest BCUT2D eigenvalue weighted by Gasteiger charge is -2.36. The Labute approximate surface area is 100 Å². The van der Waals surface area contributed by atoms with Crippen molar-refractivity contribution in [2.24, 2.45) is 11.3 Å². The molecule has 1 nitrogen and oxygen atoms in total. The molecule has 17 heavy (non-hydrogen) atoms. The Kier molecular flexibility index (Phi) is 3.77. The fourth-order valence-electron chi connectivity index (χ4n) is 1.93. The Morgan fingerprint density at radius 1 is 1.29 bits per heavy atom. The molecule has 1 aliphatic rings. The van der Waals surface area contributed by atoms with Crippen LogP contribution >= 0.6 is 0 Å². The summed E-state index contributed by atoms with van der Waals surface area (Å²) in [6.07, 6.45) is 0.465. The molecule has 2 unspecified atom stereocenters. The van der Waals surface area contributed by atoms with Gasteiger partial charge in [-0.2, -0.15) is 8.78 Å². The number of hydrogen-bond donors (Lipinski definition) is 1. The predicted octanol–water partition coefficient (Wildman–Crippen LogP) is 3.50. The van der Waals surface area contributed by atoms with Crippen LogP contribution in [0.25, 0.3) is 0 Å². The number of rotatable bonds is 2. The number of aliphatic hydroxyl groups excluding tert-OH is 1. The Morgan fingerprint density at radius 2 is 1.82 bits per heavy atom. The zero-order valence-corrected chi connectivity index (χ0v) is 10.5. The van der Waals surface area contributed by atoms with Gasteiger partial charge in [0.1, 0.15) is 12.3 Å². The largest absolute Gasteiger partial charge is 0.387 e. The van der Waals surface area contributed by atoms with Gasteiger partial charge >= 0.3 is 0 Å². The van der Waals surface area contributed by atoms with Crippen LogP contribution in [0.4, 0.5) is 13.2 Å². The van der Waals surface area contributed by atoms with Gasteiger partial charge in [0.05, 0.1) is 0 Å². The zero-order valence-electron chi connectivity index (χ0n) is 10.5. The standard InChI is InChI=1S/C13H19F3O/c1-8(17)13(15,16)10-7-5-6-9(11(10)14)12(2,3)4/h5-9,11,17H,1-4H3/t8-,9?,11?/m1/s1. The van der Waals surface area contributed by atoms with Gasteiger partial charge in [0.25, 0.3) is 5.92 Å². The van der Waals surface area contributed by atoms with Crippen molar-refractivity contribution in [3.05, 3.63) is 23.8 Å². The van der Waals surface area contributed by atoms with Crippen LogP contribution in [0.1, 0.15) is 27.7 Å². The van der Waals surface area contributed by atoms with Crippen molar-refractivity contribution in [1.29, 1.82) is 0 Å². The molecule has 0 fully saturated rings. The van der Waals surface area contributed by atoms with Gasteiger partial charge in [0.2, 0.25) is 0 Å². The van der Waals surface area contributed by atoms with E-state index in [1.807, 2.05) is 0 Å². The Bertz CT molecular complexity index is 337. The number of aliphatic hydroxyl groups is 1. The van der Waals surface area contributed by atoms with E-state index in [0.717, 1.165) is 13.0 Å². The summed E-state index contributed by atoms with van der Waals surface area (Å²) in [6.45, 7) is 6.38. The average molecular weight is 248 g/mol. The van der Waals surface area contributed by atoms with Crippen molar-refractivity contribution >= 4 is 0 Å². The molecule has 3 atom stereocenters. The second-order valence-corrected chi connectivity index (χ2v) is 5.60. The van der Waals surface area contributed by atoms with E-state index in [-0.39, 0.29) is 0 Å². The fourth-order valence-corrected chi connectivity index (χ4v) is 1.93. The zero-order chi connectivity index (χ0) is 13.4. The van der Waals surface area contributed by atoms with Crippen LogP contribution in [0.5, 0.6) is 0 Å². The monoisotopic (exact) mass is 248 g/mol. The highest BCUT2D eigenvalue weighted by atomic mass is 19.3. The minimum absolute atomic E-state index is 0.440. The van der Waals surface area contributed by atoms with E-state index in [0.29, 0.717) is 0 Å². The third kappa shape index (κ3) is 2.73. The van der Waals surface area contributed by atoms with Gasteiger partial charge in [-0.3, -0.25) is 0 Å². The van der Waals surface area contributed by atoms with Gasteiger partial charge in [0.15, 0.2) is 0 Å². The molecule has 0 radical (unpaired) electrons. The first-order chi connectivity index (χ1) is 7.58. The van der Waals surface area contributed by atoms with E-state index in [4.69, 9.17) is 5.11 Å². The molecule has 0 bridgehead atoms. The van der Waals surface area contributed by atoms with E-state index in [1.54, 1.807) is 26.8 Å². The van der Waals surface area contributed by atoms with Crippen molar-refractivity contribution in [3.8, 4) is 0 Å². The quantitative estimate of drug-likeness (QED) is 0.793. The second kappa shape index (κ2) is 4.48. The molecular formula is C13H19F3O. The maximum atomic E-state index is 14.2. The van der Waals surface area contributed by atoms with Crippen LogP contribution in [-0.4, -0.2) is 23.3 Å². The van der Waals surface area contributed by atoms with Gasteiger partial charge in [-0.15, -0.1) is 0 Å². The number of allylic oxidation sites excluding steroid dienone is 3. The summed E-state index contributed by atoms with van der Waals surface area (Å²) in [5, 5.41) is 9.06. The molecule has 0 aliphatic heterocycles. The first kappa shape index (κ1) is 14.3. The van der Waals surface area contributed by atoms with Crippen molar-refractivity contribution in [1.82, 2.24) is 0 Å². The Morgan fingerprint density at radius 3 is 2.24 bits per heavy atom. The van der Waals surface area contributed by atoms with Gasteiger partial charge < -0.3 is 5.11 Å². The normalized spacial score (nSPS) is 27.9. The van der Waals surface area contributed by atoms with Crippen LogP contribution in [-0.2, 0) is 0 Å². The van der Waals surface area contributed by atoms with Gasteiger partial charge in [-0.1, -0.05) is 39.0 Å². The summed E-state index contributed by atoms with van der Waals surface area (Å²) < 4.78 is 41.5. The van der Waals surface area contributed by atoms with Crippen molar-refractivity contribution in [2.75, 3.05) is 0 Å². The highest BCUT2D eigenvalue weighted by molar-refractivity contribution is 5.31. The number of halogens is 3. The van der Waals surface area contributed by atoms with Gasteiger partial charge in [-0.25, -0.2) is 4.39 Å². The molecule has 0 amide bonds. The summed E-state index contributed by atoms with van der Waals surface area (Å²) in [7, 11) is 0. The van der Waals surface area contributed by atoms with E-state index >= 15 is 0 Å². The lowest BCUT2D eigenvalue weighted by molar-refractivity contribution is -0.0809. The lowest BCUT2D eigenvalue weighted by atomic mass is 9.73. The molecule has 0 aromatic heterocycles. The highest BCUT2D eigenvalue weighted by Crippen LogP contribution is 2.42. The third-order valence-electron chi connectivity index (χ3n) is 3.12. The SMILES string of the molecule is C[C@@H](O)C(F)(F)C1=CC=CC(C(C)(C)C)C1F. The summed E-state index contributed by atoms with van der Waals surface area (Å²) in [4.78, 5) is 0. The minimum atomic E-state index is -3.52. The molecule has 1 aliphatic carbocycles. The lowest BCUT2D eigenvalue weighted by Crippen LogP contribution is -2.42. The van der Waals surface area contributed by atoms with Crippen molar-refractivity contribution in [3.63, 3.8) is 0 Å². The predicted molar refractivity (Wildman–Crippen MR) is 61.7 cm³/mol.